The molecule has 32 heavy (non-hydrogen) atoms. The fraction of sp³-hybridized carbons (Fsp3) is 0.500. The number of fused-ring (bicyclic) bond motifs is 1. The van der Waals surface area contributed by atoms with Gasteiger partial charge in [0.1, 0.15) is 5.69 Å². The second-order valence-corrected chi connectivity index (χ2v) is 8.59. The van der Waals surface area contributed by atoms with Crippen LogP contribution in [0.4, 0.5) is 18.9 Å². The Morgan fingerprint density at radius 2 is 2.12 bits per heavy atom. The van der Waals surface area contributed by atoms with Crippen LogP contribution in [0.5, 0.6) is 0 Å². The molecule has 4 rings (SSSR count). The van der Waals surface area contributed by atoms with E-state index in [0.29, 0.717) is 50.6 Å². The Bertz CT molecular complexity index is 1060. The predicted molar refractivity (Wildman–Crippen MR) is 110 cm³/mol. The van der Waals surface area contributed by atoms with Crippen LogP contribution in [0.1, 0.15) is 28.0 Å². The highest BCUT2D eigenvalue weighted by Crippen LogP contribution is 2.45. The average molecular weight is 447 g/mol. The van der Waals surface area contributed by atoms with Gasteiger partial charge in [0.2, 0.25) is 0 Å². The third-order valence-corrected chi connectivity index (χ3v) is 6.58. The predicted octanol–water partition coefficient (Wildman–Crippen LogP) is 2.93. The topological polar surface area (TPSA) is 74.4 Å². The van der Waals surface area contributed by atoms with Crippen molar-refractivity contribution in [3.05, 3.63) is 47.3 Å². The van der Waals surface area contributed by atoms with E-state index < -0.39 is 17.3 Å². The lowest BCUT2D eigenvalue weighted by molar-refractivity contribution is -0.137. The molecule has 3 heterocycles. The highest BCUT2D eigenvalue weighted by atomic mass is 19.4. The summed E-state index contributed by atoms with van der Waals surface area (Å²) < 4.78 is 47.4. The second kappa shape index (κ2) is 8.13. The molecule has 1 aromatic carbocycles. The van der Waals surface area contributed by atoms with E-state index in [-0.39, 0.29) is 17.2 Å². The van der Waals surface area contributed by atoms with Gasteiger partial charge < -0.3 is 14.5 Å². The van der Waals surface area contributed by atoms with Crippen molar-refractivity contribution in [2.24, 2.45) is 18.4 Å². The van der Waals surface area contributed by atoms with Crippen LogP contribution in [0.2, 0.25) is 0 Å². The lowest BCUT2D eigenvalue weighted by Crippen LogP contribution is -2.51. The Kier molecular flexibility index (Phi) is 5.63. The number of rotatable bonds is 4. The lowest BCUT2D eigenvalue weighted by atomic mass is 9.73. The molecule has 170 valence electrons. The number of piperidine rings is 1. The van der Waals surface area contributed by atoms with Crippen LogP contribution in [0, 0.1) is 22.7 Å². The van der Waals surface area contributed by atoms with Crippen LogP contribution >= 0.6 is 0 Å². The van der Waals surface area contributed by atoms with Gasteiger partial charge in [0.15, 0.2) is 0 Å². The van der Waals surface area contributed by atoms with Crippen molar-refractivity contribution >= 4 is 11.6 Å². The number of likely N-dealkylation sites (tertiary alicyclic amines) is 1. The van der Waals surface area contributed by atoms with Crippen molar-refractivity contribution in [1.82, 2.24) is 14.7 Å². The number of benzene rings is 1. The molecule has 0 radical (unpaired) electrons. The summed E-state index contributed by atoms with van der Waals surface area (Å²) in [5, 5.41) is 13.3. The number of amides is 1. The molecule has 2 saturated heterocycles. The maximum absolute atomic E-state index is 13.5. The molecule has 0 spiro atoms. The van der Waals surface area contributed by atoms with E-state index in [1.54, 1.807) is 48.1 Å². The third-order valence-electron chi connectivity index (χ3n) is 6.58. The van der Waals surface area contributed by atoms with Gasteiger partial charge in [-0.05, 0) is 30.7 Å². The smallest absolute Gasteiger partial charge is 0.384 e. The SMILES string of the molecule is COC[C@@]12CCN(C(=O)c3ccn(C)n3)C[C@@H]1CN(c1ccc(C#N)c(C(F)(F)F)c1)C2. The maximum Gasteiger partial charge on any atom is 0.417 e. The van der Waals surface area contributed by atoms with Gasteiger partial charge in [0, 0.05) is 63.6 Å². The number of nitrogens with zero attached hydrogens (tertiary/aromatic N) is 5. The number of ether oxygens (including phenoxy) is 1. The van der Waals surface area contributed by atoms with E-state index in [1.807, 2.05) is 4.90 Å². The molecule has 2 aromatic rings. The zero-order valence-corrected chi connectivity index (χ0v) is 17.9. The van der Waals surface area contributed by atoms with Crippen molar-refractivity contribution in [2.75, 3.05) is 44.8 Å². The quantitative estimate of drug-likeness (QED) is 0.721. The summed E-state index contributed by atoms with van der Waals surface area (Å²) >= 11 is 0. The summed E-state index contributed by atoms with van der Waals surface area (Å²) in [7, 11) is 3.36. The number of aryl methyl sites for hydroxylation is 1. The Hall–Kier alpha value is -3.06. The minimum atomic E-state index is -4.61. The molecular weight excluding hydrogens is 423 g/mol. The first-order valence-electron chi connectivity index (χ1n) is 10.3. The summed E-state index contributed by atoms with van der Waals surface area (Å²) in [6, 6.07) is 7.13. The summed E-state index contributed by atoms with van der Waals surface area (Å²) in [5.41, 5.74) is -0.786. The highest BCUT2D eigenvalue weighted by molar-refractivity contribution is 5.92. The van der Waals surface area contributed by atoms with Gasteiger partial charge in [0.25, 0.3) is 5.91 Å². The number of carbonyl (C=O) groups is 1. The Balaban J connectivity index is 1.59. The average Bonchev–Trinajstić information content (AvgIpc) is 3.35. The Morgan fingerprint density at radius 3 is 2.75 bits per heavy atom. The maximum atomic E-state index is 13.5. The number of carbonyl (C=O) groups excluding carboxylic acids is 1. The molecule has 2 atom stereocenters. The van der Waals surface area contributed by atoms with E-state index in [2.05, 4.69) is 5.10 Å². The first kappa shape index (κ1) is 22.1. The number of hydrogen-bond donors (Lipinski definition) is 0. The molecule has 0 bridgehead atoms. The van der Waals surface area contributed by atoms with E-state index >= 15 is 0 Å². The van der Waals surface area contributed by atoms with Gasteiger partial charge in [-0.2, -0.15) is 23.5 Å². The number of aromatic nitrogens is 2. The minimum Gasteiger partial charge on any atom is -0.384 e. The van der Waals surface area contributed by atoms with Gasteiger partial charge in [-0.3, -0.25) is 9.48 Å². The van der Waals surface area contributed by atoms with E-state index in [4.69, 9.17) is 10.00 Å². The number of nitriles is 1. The summed E-state index contributed by atoms with van der Waals surface area (Å²) in [6.07, 6.45) is -2.21. The molecule has 0 N–H and O–H groups in total. The standard InChI is InChI=1S/C22H24F3N5O2/c1-28-7-5-19(27-28)20(31)29-8-6-21(14-32-2)13-30(12-16(21)11-29)17-4-3-15(10-26)18(9-17)22(23,24)25/h3-5,7,9,16H,6,8,11-14H2,1-2H3/t16-,21+/m1/s1. The zero-order chi connectivity index (χ0) is 23.1. The van der Waals surface area contributed by atoms with E-state index in [0.717, 1.165) is 6.07 Å². The molecule has 2 aliphatic heterocycles. The first-order valence-corrected chi connectivity index (χ1v) is 10.3. The van der Waals surface area contributed by atoms with Crippen LogP contribution < -0.4 is 4.90 Å². The lowest BCUT2D eigenvalue weighted by Gasteiger charge is -2.42. The Morgan fingerprint density at radius 1 is 1.34 bits per heavy atom. The summed E-state index contributed by atoms with van der Waals surface area (Å²) in [5.74, 6) is -0.110. The zero-order valence-electron chi connectivity index (χ0n) is 17.9. The van der Waals surface area contributed by atoms with Crippen molar-refractivity contribution < 1.29 is 22.7 Å². The van der Waals surface area contributed by atoms with Crippen LogP contribution in [0.25, 0.3) is 0 Å². The molecule has 10 heteroatoms. The second-order valence-electron chi connectivity index (χ2n) is 8.59. The number of anilines is 1. The van der Waals surface area contributed by atoms with E-state index in [1.165, 1.54) is 6.07 Å². The van der Waals surface area contributed by atoms with Crippen molar-refractivity contribution in [3.8, 4) is 6.07 Å². The molecule has 2 fully saturated rings. The number of alkyl halides is 3. The van der Waals surface area contributed by atoms with Gasteiger partial charge in [-0.25, -0.2) is 0 Å². The first-order chi connectivity index (χ1) is 15.2. The van der Waals surface area contributed by atoms with Gasteiger partial charge in [-0.1, -0.05) is 0 Å². The minimum absolute atomic E-state index is 0.0360. The highest BCUT2D eigenvalue weighted by Gasteiger charge is 2.50. The fourth-order valence-electron chi connectivity index (χ4n) is 4.94. The summed E-state index contributed by atoms with van der Waals surface area (Å²) in [4.78, 5) is 16.6. The number of methoxy groups -OCH3 is 1. The van der Waals surface area contributed by atoms with Crippen LogP contribution in [-0.4, -0.2) is 60.5 Å². The van der Waals surface area contributed by atoms with Crippen LogP contribution in [0.15, 0.2) is 30.5 Å². The largest absolute Gasteiger partial charge is 0.417 e. The van der Waals surface area contributed by atoms with Gasteiger partial charge in [0.05, 0.1) is 23.8 Å². The molecule has 0 aliphatic carbocycles. The molecular formula is C22H24F3N5O2. The fourth-order valence-corrected chi connectivity index (χ4v) is 4.94. The molecule has 7 nitrogen and oxygen atoms in total. The van der Waals surface area contributed by atoms with E-state index in [9.17, 15) is 18.0 Å². The van der Waals surface area contributed by atoms with Gasteiger partial charge in [-0.15, -0.1) is 0 Å². The van der Waals surface area contributed by atoms with Crippen molar-refractivity contribution in [1.29, 1.82) is 5.26 Å². The number of hydrogen-bond acceptors (Lipinski definition) is 5. The Labute approximate surface area is 184 Å². The van der Waals surface area contributed by atoms with Crippen molar-refractivity contribution in [2.45, 2.75) is 12.6 Å². The van der Waals surface area contributed by atoms with Crippen molar-refractivity contribution in [3.63, 3.8) is 0 Å². The molecule has 2 aliphatic rings. The van der Waals surface area contributed by atoms with Gasteiger partial charge >= 0.3 is 6.18 Å². The molecule has 1 amide bonds. The third kappa shape index (κ3) is 3.93. The van der Waals surface area contributed by atoms with Crippen LogP contribution in [0.3, 0.4) is 0 Å². The monoisotopic (exact) mass is 447 g/mol. The number of halogens is 3. The summed E-state index contributed by atoms with van der Waals surface area (Å²) in [6.45, 7) is 2.50. The molecule has 0 unspecified atom stereocenters. The van der Waals surface area contributed by atoms with Crippen LogP contribution in [-0.2, 0) is 18.0 Å². The molecule has 0 saturated carbocycles. The molecule has 1 aromatic heterocycles. The normalized spacial score (nSPS) is 23.2.